The zero-order valence-electron chi connectivity index (χ0n) is 21.5. The van der Waals surface area contributed by atoms with Gasteiger partial charge in [-0.25, -0.2) is 17.6 Å². The third kappa shape index (κ3) is 5.13. The van der Waals surface area contributed by atoms with E-state index in [-0.39, 0.29) is 30.9 Å². The second kappa shape index (κ2) is 10.5. The Balaban J connectivity index is 1.52. The van der Waals surface area contributed by atoms with Crippen LogP contribution in [0.15, 0.2) is 30.3 Å². The van der Waals surface area contributed by atoms with Crippen molar-refractivity contribution >= 4 is 16.6 Å². The number of hydrogen-bond donors (Lipinski definition) is 3. The van der Waals surface area contributed by atoms with E-state index < -0.39 is 35.8 Å². The van der Waals surface area contributed by atoms with E-state index in [2.05, 4.69) is 15.2 Å². The van der Waals surface area contributed by atoms with Gasteiger partial charge in [0.1, 0.15) is 23.1 Å². The number of H-pyrrole nitrogens is 1. The van der Waals surface area contributed by atoms with Crippen molar-refractivity contribution in [3.63, 3.8) is 0 Å². The molecule has 5 rings (SSSR count). The Kier molecular flexibility index (Phi) is 7.41. The Labute approximate surface area is 218 Å². The molecule has 3 atom stereocenters. The van der Waals surface area contributed by atoms with Crippen LogP contribution >= 0.6 is 0 Å². The van der Waals surface area contributed by atoms with Crippen LogP contribution in [0, 0.1) is 17.5 Å². The van der Waals surface area contributed by atoms with Crippen molar-refractivity contribution in [3.8, 4) is 0 Å². The number of aromatic amines is 1. The van der Waals surface area contributed by atoms with Crippen molar-refractivity contribution in [3.05, 3.63) is 64.6 Å². The molecule has 3 N–H and O–H groups in total. The fraction of sp³-hybridized carbons (Fsp3) is 0.500. The highest BCUT2D eigenvalue weighted by molar-refractivity contribution is 5.85. The van der Waals surface area contributed by atoms with Gasteiger partial charge in [-0.2, -0.15) is 0 Å². The lowest BCUT2D eigenvalue weighted by Crippen LogP contribution is -2.54. The van der Waals surface area contributed by atoms with Crippen LogP contribution in [0.4, 0.5) is 27.6 Å². The van der Waals surface area contributed by atoms with Gasteiger partial charge in [-0.05, 0) is 62.6 Å². The highest BCUT2D eigenvalue weighted by atomic mass is 19.2. The quantitative estimate of drug-likeness (QED) is 0.333. The van der Waals surface area contributed by atoms with Crippen LogP contribution < -0.4 is 5.32 Å². The van der Waals surface area contributed by atoms with Gasteiger partial charge >= 0.3 is 0 Å². The minimum atomic E-state index is -2.01. The molecule has 3 unspecified atom stereocenters. The maximum absolute atomic E-state index is 15.8. The van der Waals surface area contributed by atoms with Crippen molar-refractivity contribution in [1.29, 1.82) is 0 Å². The molecule has 0 spiro atoms. The first-order valence-electron chi connectivity index (χ1n) is 13.0. The molecule has 3 aromatic rings. The predicted octanol–water partition coefficient (Wildman–Crippen LogP) is 5.10. The Bertz CT molecular complexity index is 1280. The molecule has 2 aromatic carbocycles. The summed E-state index contributed by atoms with van der Waals surface area (Å²) in [5, 5.41) is 13.4. The summed E-state index contributed by atoms with van der Waals surface area (Å²) in [4.78, 5) is 6.94. The number of halogens is 5. The second-order valence-electron chi connectivity index (χ2n) is 10.9. The topological polar surface area (TPSA) is 54.5 Å². The van der Waals surface area contributed by atoms with E-state index in [1.165, 1.54) is 31.2 Å². The number of benzene rings is 2. The number of hydrogen-bond acceptors (Lipinski definition) is 4. The summed E-state index contributed by atoms with van der Waals surface area (Å²) in [6.07, 6.45) is 0.873. The van der Waals surface area contributed by atoms with Gasteiger partial charge in [-0.3, -0.25) is 14.2 Å². The first-order chi connectivity index (χ1) is 18.1. The standard InChI is InChI=1S/C28H33F5N4O/c1-16-8-21-20-9-17(30)4-5-24(20)35-26(21)27(37(16)14-28(2,33)15-38)25-22(31)10-18(11-23(25)32)34-19-12-36(13-19)7-3-6-29/h4-5,9-11,16,19,27,34-35,38H,3,6-8,12-15H2,1-2H3. The molecule has 2 aliphatic heterocycles. The molecular weight excluding hydrogens is 503 g/mol. The van der Waals surface area contributed by atoms with E-state index in [0.29, 0.717) is 54.8 Å². The fourth-order valence-corrected chi connectivity index (χ4v) is 5.81. The summed E-state index contributed by atoms with van der Waals surface area (Å²) in [5.74, 6) is -1.99. The SMILES string of the molecule is CC1Cc2c([nH]c3ccc(F)cc23)C(c2c(F)cc(NC3CN(CCCF)C3)cc2F)N1CC(C)(F)CO. The van der Waals surface area contributed by atoms with Gasteiger partial charge in [0, 0.05) is 60.1 Å². The zero-order chi connectivity index (χ0) is 27.2. The van der Waals surface area contributed by atoms with Crippen LogP contribution in [0.25, 0.3) is 10.9 Å². The van der Waals surface area contributed by atoms with Crippen LogP contribution in [0.2, 0.25) is 0 Å². The minimum Gasteiger partial charge on any atom is -0.393 e. The smallest absolute Gasteiger partial charge is 0.143 e. The van der Waals surface area contributed by atoms with Crippen molar-refractivity contribution in [2.45, 2.75) is 50.5 Å². The zero-order valence-corrected chi connectivity index (χ0v) is 21.5. The number of aliphatic hydroxyl groups excluding tert-OH is 1. The third-order valence-electron chi connectivity index (χ3n) is 7.70. The van der Waals surface area contributed by atoms with Crippen molar-refractivity contribution in [2.24, 2.45) is 0 Å². The summed E-state index contributed by atoms with van der Waals surface area (Å²) in [7, 11) is 0. The van der Waals surface area contributed by atoms with Crippen LogP contribution in [-0.4, -0.2) is 77.1 Å². The molecule has 3 heterocycles. The lowest BCUT2D eigenvalue weighted by atomic mass is 9.87. The van der Waals surface area contributed by atoms with E-state index in [4.69, 9.17) is 0 Å². The van der Waals surface area contributed by atoms with Crippen LogP contribution in [0.5, 0.6) is 0 Å². The number of alkyl halides is 2. The number of fused-ring (bicyclic) bond motifs is 3. The Morgan fingerprint density at radius 1 is 1.13 bits per heavy atom. The Morgan fingerprint density at radius 2 is 1.84 bits per heavy atom. The first-order valence-corrected chi connectivity index (χ1v) is 13.0. The number of aromatic nitrogens is 1. The number of nitrogens with one attached hydrogen (secondary N) is 2. The largest absolute Gasteiger partial charge is 0.393 e. The number of nitrogens with zero attached hydrogens (tertiary/aromatic N) is 2. The lowest BCUT2D eigenvalue weighted by molar-refractivity contribution is 0.0162. The van der Waals surface area contributed by atoms with E-state index in [9.17, 15) is 13.9 Å². The first kappa shape index (κ1) is 26.9. The maximum Gasteiger partial charge on any atom is 0.143 e. The van der Waals surface area contributed by atoms with E-state index in [0.717, 1.165) is 5.56 Å². The molecular formula is C28H33F5N4O. The minimum absolute atomic E-state index is 0.00234. The number of likely N-dealkylation sites (tertiary alicyclic amines) is 1. The summed E-state index contributed by atoms with van der Waals surface area (Å²) in [5.41, 5.74) is -0.0993. The molecule has 1 fully saturated rings. The lowest BCUT2D eigenvalue weighted by Gasteiger charge is -2.43. The molecule has 5 nitrogen and oxygen atoms in total. The van der Waals surface area contributed by atoms with Gasteiger partial charge in [0.25, 0.3) is 0 Å². The highest BCUT2D eigenvalue weighted by Crippen LogP contribution is 2.43. The summed E-state index contributed by atoms with van der Waals surface area (Å²) >= 11 is 0. The average molecular weight is 537 g/mol. The van der Waals surface area contributed by atoms with Crippen molar-refractivity contribution in [2.75, 3.05) is 44.8 Å². The number of rotatable bonds is 9. The molecule has 38 heavy (non-hydrogen) atoms. The molecule has 1 saturated heterocycles. The Morgan fingerprint density at radius 3 is 2.50 bits per heavy atom. The molecule has 0 saturated carbocycles. The molecule has 0 aliphatic carbocycles. The monoisotopic (exact) mass is 536 g/mol. The summed E-state index contributed by atoms with van der Waals surface area (Å²) in [6, 6.07) is 5.40. The van der Waals surface area contributed by atoms with Gasteiger partial charge in [-0.15, -0.1) is 0 Å². The normalized spacial score (nSPS) is 22.3. The van der Waals surface area contributed by atoms with Gasteiger partial charge in [0.15, 0.2) is 0 Å². The molecule has 206 valence electrons. The molecule has 10 heteroatoms. The number of aliphatic hydroxyl groups is 1. The summed E-state index contributed by atoms with van der Waals surface area (Å²) < 4.78 is 73.1. The molecule has 0 bridgehead atoms. The van der Waals surface area contributed by atoms with Crippen molar-refractivity contribution in [1.82, 2.24) is 14.8 Å². The second-order valence-corrected chi connectivity index (χ2v) is 10.9. The Hall–Kier alpha value is -2.69. The third-order valence-corrected chi connectivity index (χ3v) is 7.70. The maximum atomic E-state index is 15.8. The molecule has 0 amide bonds. The van der Waals surface area contributed by atoms with Gasteiger partial charge in [-0.1, -0.05) is 0 Å². The van der Waals surface area contributed by atoms with Crippen LogP contribution in [0.3, 0.4) is 0 Å². The van der Waals surface area contributed by atoms with E-state index in [1.807, 2.05) is 6.92 Å². The van der Waals surface area contributed by atoms with Crippen LogP contribution in [-0.2, 0) is 6.42 Å². The highest BCUT2D eigenvalue weighted by Gasteiger charge is 2.42. The average Bonchev–Trinajstić information content (AvgIpc) is 3.18. The van der Waals surface area contributed by atoms with Gasteiger partial charge < -0.3 is 15.4 Å². The molecule has 0 radical (unpaired) electrons. The predicted molar refractivity (Wildman–Crippen MR) is 137 cm³/mol. The van der Waals surface area contributed by atoms with E-state index in [1.54, 1.807) is 11.0 Å². The number of anilines is 1. The fourth-order valence-electron chi connectivity index (χ4n) is 5.81. The van der Waals surface area contributed by atoms with Crippen LogP contribution in [0.1, 0.15) is 43.1 Å². The summed E-state index contributed by atoms with van der Waals surface area (Å²) in [6.45, 7) is 3.66. The van der Waals surface area contributed by atoms with Gasteiger partial charge in [0.2, 0.25) is 0 Å². The molecule has 1 aromatic heterocycles. The van der Waals surface area contributed by atoms with Gasteiger partial charge in [0.05, 0.1) is 25.4 Å². The van der Waals surface area contributed by atoms with E-state index >= 15 is 13.2 Å². The molecule has 2 aliphatic rings. The van der Waals surface area contributed by atoms with Crippen molar-refractivity contribution < 1.29 is 27.1 Å².